The van der Waals surface area contributed by atoms with Crippen LogP contribution in [0.5, 0.6) is 0 Å². The molecule has 0 amide bonds. The van der Waals surface area contributed by atoms with E-state index in [4.69, 9.17) is 0 Å². The van der Waals surface area contributed by atoms with Crippen molar-refractivity contribution in [3.05, 3.63) is 51.5 Å². The fraction of sp³-hybridized carbons (Fsp3) is 0.231. The molecule has 0 N–H and O–H groups in total. The number of halogens is 2. The van der Waals surface area contributed by atoms with Crippen molar-refractivity contribution in [3.8, 4) is 0 Å². The first-order chi connectivity index (χ1) is 8.47. The number of nitrogens with zero attached hydrogens (tertiary/aromatic N) is 2. The van der Waals surface area contributed by atoms with Gasteiger partial charge in [-0.3, -0.25) is 9.48 Å². The van der Waals surface area contributed by atoms with Crippen molar-refractivity contribution in [2.24, 2.45) is 7.05 Å². The van der Waals surface area contributed by atoms with Crippen molar-refractivity contribution >= 4 is 21.7 Å². The summed E-state index contributed by atoms with van der Waals surface area (Å²) in [4.78, 5) is 12.0. The molecule has 5 heteroatoms. The fourth-order valence-electron chi connectivity index (χ4n) is 1.62. The molecule has 0 aliphatic rings. The summed E-state index contributed by atoms with van der Waals surface area (Å²) >= 11 is 3.10. The predicted molar refractivity (Wildman–Crippen MR) is 70.1 cm³/mol. The number of Topliss-reactive ketones (excluding diaryl/α,β-unsaturated/α-hetero) is 1. The van der Waals surface area contributed by atoms with Gasteiger partial charge >= 0.3 is 0 Å². The van der Waals surface area contributed by atoms with Gasteiger partial charge in [0.05, 0.1) is 4.47 Å². The van der Waals surface area contributed by atoms with Crippen LogP contribution in [-0.2, 0) is 13.5 Å². The molecule has 0 atom stereocenters. The van der Waals surface area contributed by atoms with Gasteiger partial charge in [0.2, 0.25) is 0 Å². The van der Waals surface area contributed by atoms with Crippen LogP contribution in [0.1, 0.15) is 21.7 Å². The smallest absolute Gasteiger partial charge is 0.187 e. The Balaban J connectivity index is 2.18. The number of carbonyl (C=O) groups is 1. The van der Waals surface area contributed by atoms with E-state index in [9.17, 15) is 9.18 Å². The average Bonchev–Trinajstić information content (AvgIpc) is 2.65. The van der Waals surface area contributed by atoms with Gasteiger partial charge in [0.25, 0.3) is 0 Å². The van der Waals surface area contributed by atoms with E-state index in [1.807, 2.05) is 6.92 Å². The van der Waals surface area contributed by atoms with Crippen LogP contribution in [0.3, 0.4) is 0 Å². The third kappa shape index (κ3) is 2.67. The zero-order valence-electron chi connectivity index (χ0n) is 10.1. The van der Waals surface area contributed by atoms with Crippen molar-refractivity contribution in [1.82, 2.24) is 9.78 Å². The van der Waals surface area contributed by atoms with Crippen LogP contribution in [0.25, 0.3) is 0 Å². The van der Waals surface area contributed by atoms with Gasteiger partial charge < -0.3 is 0 Å². The van der Waals surface area contributed by atoms with Gasteiger partial charge in [-0.1, -0.05) is 6.07 Å². The van der Waals surface area contributed by atoms with Crippen molar-refractivity contribution in [1.29, 1.82) is 0 Å². The van der Waals surface area contributed by atoms with Gasteiger partial charge in [0, 0.05) is 19.2 Å². The Morgan fingerprint density at radius 3 is 2.72 bits per heavy atom. The first-order valence-electron chi connectivity index (χ1n) is 5.45. The highest BCUT2D eigenvalue weighted by molar-refractivity contribution is 9.10. The fourth-order valence-corrected chi connectivity index (χ4v) is 2.05. The molecule has 2 aromatic rings. The van der Waals surface area contributed by atoms with E-state index in [0.717, 1.165) is 11.3 Å². The van der Waals surface area contributed by atoms with Crippen LogP contribution in [0.15, 0.2) is 28.7 Å². The highest BCUT2D eigenvalue weighted by Crippen LogP contribution is 2.18. The van der Waals surface area contributed by atoms with Crippen molar-refractivity contribution in [3.63, 3.8) is 0 Å². The molecule has 18 heavy (non-hydrogen) atoms. The topological polar surface area (TPSA) is 34.9 Å². The van der Waals surface area contributed by atoms with Gasteiger partial charge in [-0.05, 0) is 46.6 Å². The monoisotopic (exact) mass is 310 g/mol. The molecule has 0 spiro atoms. The van der Waals surface area contributed by atoms with Crippen LogP contribution in [-0.4, -0.2) is 15.6 Å². The minimum absolute atomic E-state index is 0.0720. The molecule has 0 aliphatic heterocycles. The highest BCUT2D eigenvalue weighted by atomic mass is 79.9. The molecule has 0 saturated heterocycles. The zero-order valence-corrected chi connectivity index (χ0v) is 11.7. The minimum atomic E-state index is -0.333. The lowest BCUT2D eigenvalue weighted by atomic mass is 10.1. The number of hydrogen-bond donors (Lipinski definition) is 0. The van der Waals surface area contributed by atoms with Crippen LogP contribution in [0.4, 0.5) is 4.39 Å². The van der Waals surface area contributed by atoms with Crippen LogP contribution < -0.4 is 0 Å². The molecule has 1 aromatic carbocycles. The number of benzene rings is 1. The number of carbonyl (C=O) groups excluding carboxylic acids is 1. The quantitative estimate of drug-likeness (QED) is 0.817. The molecule has 0 fully saturated rings. The summed E-state index contributed by atoms with van der Waals surface area (Å²) in [5.41, 5.74) is 2.13. The molecule has 0 aliphatic carbocycles. The second kappa shape index (κ2) is 5.02. The van der Waals surface area contributed by atoms with Crippen molar-refractivity contribution in [2.45, 2.75) is 13.3 Å². The Morgan fingerprint density at radius 1 is 1.44 bits per heavy atom. The Morgan fingerprint density at radius 2 is 2.17 bits per heavy atom. The summed E-state index contributed by atoms with van der Waals surface area (Å²) in [6, 6.07) is 6.31. The molecule has 0 bridgehead atoms. The van der Waals surface area contributed by atoms with E-state index in [0.29, 0.717) is 10.2 Å². The summed E-state index contributed by atoms with van der Waals surface area (Å²) in [5.74, 6) is -0.405. The first kappa shape index (κ1) is 13.0. The molecule has 0 unspecified atom stereocenters. The van der Waals surface area contributed by atoms with Crippen LogP contribution >= 0.6 is 15.9 Å². The maximum absolute atomic E-state index is 13.1. The van der Waals surface area contributed by atoms with Gasteiger partial charge in [0.15, 0.2) is 5.78 Å². The molecule has 1 heterocycles. The predicted octanol–water partition coefficient (Wildman–Crippen LogP) is 3.06. The molecule has 1 aromatic heterocycles. The number of ketones is 1. The number of aryl methyl sites for hydroxylation is 2. The lowest BCUT2D eigenvalue weighted by Gasteiger charge is -2.00. The summed E-state index contributed by atoms with van der Waals surface area (Å²) in [6.45, 7) is 1.89. The number of hydrogen-bond acceptors (Lipinski definition) is 2. The van der Waals surface area contributed by atoms with E-state index in [1.165, 1.54) is 6.07 Å². The molecule has 0 radical (unpaired) electrons. The van der Waals surface area contributed by atoms with E-state index >= 15 is 0 Å². The van der Waals surface area contributed by atoms with E-state index in [2.05, 4.69) is 21.0 Å². The van der Waals surface area contributed by atoms with Gasteiger partial charge in [-0.15, -0.1) is 0 Å². The molecule has 2 rings (SSSR count). The van der Waals surface area contributed by atoms with Crippen LogP contribution in [0, 0.1) is 12.7 Å². The summed E-state index contributed by atoms with van der Waals surface area (Å²) < 4.78 is 15.1. The summed E-state index contributed by atoms with van der Waals surface area (Å²) in [5, 5.41) is 4.13. The number of aromatic nitrogens is 2. The molecule has 0 saturated carbocycles. The highest BCUT2D eigenvalue weighted by Gasteiger charge is 2.12. The Labute approximate surface area is 113 Å². The normalized spacial score (nSPS) is 10.7. The Kier molecular flexibility index (Phi) is 3.61. The molecule has 94 valence electrons. The standard InChI is InChI=1S/C13H12BrFN2O/c1-8-5-12(16-17(8)2)13(18)7-9-3-4-11(15)10(14)6-9/h3-6H,7H2,1-2H3. The van der Waals surface area contributed by atoms with Gasteiger partial charge in [-0.2, -0.15) is 5.10 Å². The average molecular weight is 311 g/mol. The Hall–Kier alpha value is -1.49. The summed E-state index contributed by atoms with van der Waals surface area (Å²) in [7, 11) is 1.79. The molecular weight excluding hydrogens is 299 g/mol. The van der Waals surface area contributed by atoms with Crippen molar-refractivity contribution < 1.29 is 9.18 Å². The van der Waals surface area contributed by atoms with Crippen LogP contribution in [0.2, 0.25) is 0 Å². The Bertz CT molecular complexity index is 588. The van der Waals surface area contributed by atoms with E-state index in [-0.39, 0.29) is 18.0 Å². The van der Waals surface area contributed by atoms with Gasteiger partial charge in [0.1, 0.15) is 11.5 Å². The largest absolute Gasteiger partial charge is 0.292 e. The maximum atomic E-state index is 13.1. The number of rotatable bonds is 3. The second-order valence-corrected chi connectivity index (χ2v) is 5.00. The zero-order chi connectivity index (χ0) is 13.3. The molecule has 3 nitrogen and oxygen atoms in total. The van der Waals surface area contributed by atoms with Gasteiger partial charge in [-0.25, -0.2) is 4.39 Å². The van der Waals surface area contributed by atoms with E-state index in [1.54, 1.807) is 29.9 Å². The molecular formula is C13H12BrFN2O. The SMILES string of the molecule is Cc1cc(C(=O)Cc2ccc(F)c(Br)c2)nn1C. The van der Waals surface area contributed by atoms with Crippen molar-refractivity contribution in [2.75, 3.05) is 0 Å². The third-order valence-corrected chi connectivity index (χ3v) is 3.36. The maximum Gasteiger partial charge on any atom is 0.187 e. The lowest BCUT2D eigenvalue weighted by Crippen LogP contribution is -2.05. The minimum Gasteiger partial charge on any atom is -0.292 e. The third-order valence-electron chi connectivity index (χ3n) is 2.75. The lowest BCUT2D eigenvalue weighted by molar-refractivity contribution is 0.0987. The first-order valence-corrected chi connectivity index (χ1v) is 6.24. The summed E-state index contributed by atoms with van der Waals surface area (Å²) in [6.07, 6.45) is 0.218. The second-order valence-electron chi connectivity index (χ2n) is 4.14. The van der Waals surface area contributed by atoms with E-state index < -0.39 is 0 Å².